The fourth-order valence-corrected chi connectivity index (χ4v) is 3.18. The highest BCUT2D eigenvalue weighted by atomic mass is 32.2. The maximum atomic E-state index is 11.6. The Morgan fingerprint density at radius 2 is 1.59 bits per heavy atom. The van der Waals surface area contributed by atoms with E-state index in [0.717, 1.165) is 32.9 Å². The number of benzene rings is 2. The van der Waals surface area contributed by atoms with Crippen LogP contribution in [0.15, 0.2) is 89.2 Å². The highest BCUT2D eigenvalue weighted by Gasteiger charge is 2.04. The predicted octanol–water partition coefficient (Wildman–Crippen LogP) is 5.78. The molecule has 0 unspecified atom stereocenters. The Morgan fingerprint density at radius 3 is 2.19 bits per heavy atom. The summed E-state index contributed by atoms with van der Waals surface area (Å²) in [6, 6.07) is 15.1. The number of carbonyl (C=O) groups is 2. The molecule has 0 heterocycles. The molecule has 0 N–H and O–H groups in total. The van der Waals surface area contributed by atoms with Gasteiger partial charge in [0.2, 0.25) is 10.2 Å². The summed E-state index contributed by atoms with van der Waals surface area (Å²) in [5.41, 5.74) is 1.57. The number of hydrogen-bond donors (Lipinski definition) is 0. The van der Waals surface area contributed by atoms with E-state index in [2.05, 4.69) is 13.2 Å². The molecule has 138 valence electrons. The normalized spacial score (nSPS) is 10.6. The van der Waals surface area contributed by atoms with Crippen LogP contribution < -0.4 is 4.74 Å². The smallest absolute Gasteiger partial charge is 0.219 e. The number of hydrogen-bond acceptors (Lipinski definition) is 5. The van der Waals surface area contributed by atoms with Crippen LogP contribution >= 0.6 is 23.5 Å². The molecule has 0 saturated carbocycles. The second kappa shape index (κ2) is 10.6. The van der Waals surface area contributed by atoms with Crippen LogP contribution in [-0.2, 0) is 9.59 Å². The van der Waals surface area contributed by atoms with E-state index in [1.807, 2.05) is 60.7 Å². The van der Waals surface area contributed by atoms with E-state index >= 15 is 0 Å². The van der Waals surface area contributed by atoms with Gasteiger partial charge in [-0.15, -0.1) is 0 Å². The third-order valence-corrected chi connectivity index (χ3v) is 5.22. The zero-order chi connectivity index (χ0) is 19.6. The lowest BCUT2D eigenvalue weighted by atomic mass is 10.2. The lowest BCUT2D eigenvalue weighted by Gasteiger charge is -2.04. The van der Waals surface area contributed by atoms with Gasteiger partial charge in [0.15, 0.2) is 0 Å². The standard InChI is InChI=1S/C22H20O3S2/c1-4-21(23)26-19-13-9-18(10-14-19)25-15-5-6-17-7-11-20(12-8-17)27-22(24)16(2)3/h4-14H,1-2,15H2,3H3/b6-5+. The van der Waals surface area contributed by atoms with Crippen molar-refractivity contribution in [3.8, 4) is 5.75 Å². The van der Waals surface area contributed by atoms with Crippen molar-refractivity contribution in [2.45, 2.75) is 16.7 Å². The molecule has 2 rings (SSSR count). The summed E-state index contributed by atoms with van der Waals surface area (Å²) in [4.78, 5) is 24.7. The van der Waals surface area contributed by atoms with Gasteiger partial charge in [0.05, 0.1) is 0 Å². The largest absolute Gasteiger partial charge is 0.490 e. The number of ether oxygens (including phenoxy) is 1. The maximum absolute atomic E-state index is 11.6. The summed E-state index contributed by atoms with van der Waals surface area (Å²) < 4.78 is 5.66. The molecule has 0 aromatic heterocycles. The van der Waals surface area contributed by atoms with Crippen molar-refractivity contribution in [1.82, 2.24) is 0 Å². The van der Waals surface area contributed by atoms with Gasteiger partial charge in [0, 0.05) is 9.79 Å². The first kappa shape index (κ1) is 20.8. The molecule has 5 heteroatoms. The monoisotopic (exact) mass is 396 g/mol. The Balaban J connectivity index is 1.81. The minimum Gasteiger partial charge on any atom is -0.490 e. The third kappa shape index (κ3) is 7.33. The molecule has 2 aromatic rings. The molecule has 0 atom stereocenters. The van der Waals surface area contributed by atoms with Crippen LogP contribution in [0, 0.1) is 0 Å². The molecule has 0 fully saturated rings. The average molecular weight is 397 g/mol. The number of carbonyl (C=O) groups excluding carboxylic acids is 2. The quantitative estimate of drug-likeness (QED) is 0.418. The Morgan fingerprint density at radius 1 is 1.00 bits per heavy atom. The molecule has 27 heavy (non-hydrogen) atoms. The molecule has 0 aliphatic carbocycles. The van der Waals surface area contributed by atoms with Crippen molar-refractivity contribution < 1.29 is 14.3 Å². The van der Waals surface area contributed by atoms with Crippen molar-refractivity contribution in [1.29, 1.82) is 0 Å². The van der Waals surface area contributed by atoms with Gasteiger partial charge in [-0.1, -0.05) is 31.4 Å². The van der Waals surface area contributed by atoms with Gasteiger partial charge in [0.1, 0.15) is 12.4 Å². The van der Waals surface area contributed by atoms with Gasteiger partial charge in [-0.3, -0.25) is 9.59 Å². The minimum absolute atomic E-state index is 0.0232. The van der Waals surface area contributed by atoms with E-state index in [1.54, 1.807) is 6.92 Å². The van der Waals surface area contributed by atoms with E-state index in [9.17, 15) is 9.59 Å². The number of rotatable bonds is 8. The molecule has 0 spiro atoms. The Kier molecular flexibility index (Phi) is 8.17. The predicted molar refractivity (Wildman–Crippen MR) is 114 cm³/mol. The van der Waals surface area contributed by atoms with Crippen molar-refractivity contribution >= 4 is 39.8 Å². The second-order valence-electron chi connectivity index (χ2n) is 5.55. The molecule has 2 aromatic carbocycles. The lowest BCUT2D eigenvalue weighted by Crippen LogP contribution is -1.93. The molecule has 0 aliphatic rings. The molecule has 0 radical (unpaired) electrons. The van der Waals surface area contributed by atoms with E-state index in [4.69, 9.17) is 4.74 Å². The Labute approximate surface area is 168 Å². The van der Waals surface area contributed by atoms with Gasteiger partial charge in [0.25, 0.3) is 0 Å². The van der Waals surface area contributed by atoms with Crippen LogP contribution in [0.3, 0.4) is 0 Å². The molecule has 3 nitrogen and oxygen atoms in total. The van der Waals surface area contributed by atoms with Crippen LogP contribution in [0.25, 0.3) is 6.08 Å². The van der Waals surface area contributed by atoms with Gasteiger partial charge in [-0.05, 0) is 90.1 Å². The van der Waals surface area contributed by atoms with E-state index in [1.165, 1.54) is 17.8 Å². The Hall–Kier alpha value is -2.50. The summed E-state index contributed by atoms with van der Waals surface area (Å²) in [7, 11) is 0. The van der Waals surface area contributed by atoms with Crippen LogP contribution in [0.1, 0.15) is 12.5 Å². The van der Waals surface area contributed by atoms with Gasteiger partial charge >= 0.3 is 0 Å². The molecule has 0 aliphatic heterocycles. The zero-order valence-corrected chi connectivity index (χ0v) is 16.6. The number of thioether (sulfide) groups is 2. The van der Waals surface area contributed by atoms with Gasteiger partial charge in [-0.2, -0.15) is 0 Å². The molecule has 0 bridgehead atoms. The van der Waals surface area contributed by atoms with Gasteiger partial charge in [-0.25, -0.2) is 0 Å². The first-order chi connectivity index (χ1) is 13.0. The maximum Gasteiger partial charge on any atom is 0.219 e. The Bertz CT molecular complexity index is 850. The summed E-state index contributed by atoms with van der Waals surface area (Å²) in [6.07, 6.45) is 5.18. The van der Waals surface area contributed by atoms with E-state index < -0.39 is 0 Å². The van der Waals surface area contributed by atoms with Gasteiger partial charge < -0.3 is 4.74 Å². The van der Waals surface area contributed by atoms with Crippen LogP contribution in [0.2, 0.25) is 0 Å². The summed E-state index contributed by atoms with van der Waals surface area (Å²) in [5.74, 6) is 0.736. The topological polar surface area (TPSA) is 43.4 Å². The van der Waals surface area contributed by atoms with Crippen molar-refractivity contribution in [3.05, 3.63) is 85.0 Å². The molecular formula is C22H20O3S2. The van der Waals surface area contributed by atoms with E-state index in [-0.39, 0.29) is 10.2 Å². The molecule has 0 amide bonds. The highest BCUT2D eigenvalue weighted by molar-refractivity contribution is 8.14. The second-order valence-corrected chi connectivity index (χ2v) is 7.67. The molecular weight excluding hydrogens is 376 g/mol. The average Bonchev–Trinajstić information content (AvgIpc) is 2.67. The fraction of sp³-hybridized carbons (Fsp3) is 0.0909. The molecule has 0 saturated heterocycles. The first-order valence-electron chi connectivity index (χ1n) is 8.19. The van der Waals surface area contributed by atoms with Crippen molar-refractivity contribution in [3.63, 3.8) is 0 Å². The van der Waals surface area contributed by atoms with Crippen LogP contribution in [0.5, 0.6) is 5.75 Å². The first-order valence-corrected chi connectivity index (χ1v) is 9.82. The van der Waals surface area contributed by atoms with Crippen LogP contribution in [0.4, 0.5) is 0 Å². The minimum atomic E-state index is -0.0833. The fourth-order valence-electron chi connectivity index (χ4n) is 1.93. The zero-order valence-electron chi connectivity index (χ0n) is 15.0. The summed E-state index contributed by atoms with van der Waals surface area (Å²) >= 11 is 2.31. The SMILES string of the molecule is C=CC(=O)Sc1ccc(OC/C=C/c2ccc(SC(=O)C(=C)C)cc2)cc1. The summed E-state index contributed by atoms with van der Waals surface area (Å²) in [6.45, 7) is 9.24. The van der Waals surface area contributed by atoms with Crippen molar-refractivity contribution in [2.75, 3.05) is 6.61 Å². The summed E-state index contributed by atoms with van der Waals surface area (Å²) in [5, 5.41) is -0.106. The third-order valence-electron chi connectivity index (χ3n) is 3.30. The van der Waals surface area contributed by atoms with E-state index in [0.29, 0.717) is 12.2 Å². The van der Waals surface area contributed by atoms with Crippen LogP contribution in [-0.4, -0.2) is 16.8 Å². The highest BCUT2D eigenvalue weighted by Crippen LogP contribution is 2.23. The van der Waals surface area contributed by atoms with Crippen molar-refractivity contribution in [2.24, 2.45) is 0 Å². The lowest BCUT2D eigenvalue weighted by molar-refractivity contribution is -0.108.